The average Bonchev–Trinajstić information content (AvgIpc) is 4.18. The molecule has 0 atom stereocenters. The van der Waals surface area contributed by atoms with Gasteiger partial charge in [-0.2, -0.15) is 44.7 Å². The molecular weight excluding hydrogens is 974 g/mol. The smallest absolute Gasteiger partial charge is 0.308 e. The molecule has 0 N–H and O–H groups in total. The summed E-state index contributed by atoms with van der Waals surface area (Å²) in [5, 5.41) is 65.2. The van der Waals surface area contributed by atoms with Crippen LogP contribution in [-0.2, 0) is 6.18 Å². The molecule has 2 heterocycles. The second-order valence-corrected chi connectivity index (χ2v) is 18.6. The molecule has 0 spiro atoms. The van der Waals surface area contributed by atoms with E-state index in [4.69, 9.17) is 0 Å². The number of nitrogens with zero attached hydrogens (tertiary/aromatic N) is 8. The second kappa shape index (κ2) is 18.8. The van der Waals surface area contributed by atoms with Gasteiger partial charge in [0, 0.05) is 27.1 Å². The Hall–Kier alpha value is -11.5. The fourth-order valence-electron chi connectivity index (χ4n) is 10.9. The van der Waals surface area contributed by atoms with Gasteiger partial charge in [-0.25, -0.2) is 0 Å². The van der Waals surface area contributed by atoms with Crippen LogP contribution >= 0.6 is 0 Å². The number of halogens is 3. The van der Waals surface area contributed by atoms with Crippen LogP contribution in [-0.4, -0.2) is 9.13 Å². The molecular formula is C67H33F3N8. The highest BCUT2D eigenvalue weighted by Gasteiger charge is 2.33. The monoisotopic (exact) mass is 1010 g/mol. The zero-order valence-corrected chi connectivity index (χ0v) is 40.8. The van der Waals surface area contributed by atoms with Crippen molar-refractivity contribution in [3.8, 4) is 103 Å². The fourth-order valence-corrected chi connectivity index (χ4v) is 10.9. The molecule has 12 rings (SSSR count). The highest BCUT2D eigenvalue weighted by atomic mass is 19.4. The molecule has 8 nitrogen and oxygen atoms in total. The number of hydrogen-bond acceptors (Lipinski definition) is 6. The lowest BCUT2D eigenvalue weighted by Gasteiger charge is -2.22. The van der Waals surface area contributed by atoms with Crippen LogP contribution in [0.25, 0.3) is 111 Å². The van der Waals surface area contributed by atoms with Gasteiger partial charge in [0.2, 0.25) is 0 Å². The second-order valence-electron chi connectivity index (χ2n) is 18.6. The third-order valence-corrected chi connectivity index (χ3v) is 14.3. The zero-order chi connectivity index (χ0) is 53.8. The van der Waals surface area contributed by atoms with Crippen molar-refractivity contribution in [3.05, 3.63) is 239 Å². The maximum atomic E-state index is 15.2. The van der Waals surface area contributed by atoms with Crippen molar-refractivity contribution < 1.29 is 13.2 Å². The standard InChI is InChI=1S/C67H33F3N8/c68-67(69,70)51-26-40(34-71)25-50(29-51)66-64(77-60-21-17-42(52-13-5-1-9-46(52)36-73)30-56(60)57-31-43(18-22-61(57)77)53-14-6-2-10-47(53)37-74)27-41(35-72)28-65(66)78-62-23-19-44(54-15-7-3-11-48(54)38-75)32-58(62)59-33-45(20-24-63(59)78)55-16-8-4-12-49(55)39-76/h1-33H. The third-order valence-electron chi connectivity index (χ3n) is 14.3. The number of benzene rings is 10. The summed E-state index contributed by atoms with van der Waals surface area (Å²) >= 11 is 0. The predicted octanol–water partition coefficient (Wildman–Crippen LogP) is 16.5. The van der Waals surface area contributed by atoms with Gasteiger partial charge in [0.15, 0.2) is 0 Å². The summed E-state index contributed by atoms with van der Waals surface area (Å²) in [6.45, 7) is 0. The van der Waals surface area contributed by atoms with Crippen LogP contribution < -0.4 is 0 Å². The summed E-state index contributed by atoms with van der Waals surface area (Å²) in [6, 6.07) is 71.9. The van der Waals surface area contributed by atoms with Crippen molar-refractivity contribution >= 4 is 43.6 Å². The number of fused-ring (bicyclic) bond motifs is 6. The maximum Gasteiger partial charge on any atom is 0.416 e. The molecule has 0 fully saturated rings. The summed E-state index contributed by atoms with van der Waals surface area (Å²) in [7, 11) is 0. The zero-order valence-electron chi connectivity index (χ0n) is 40.8. The van der Waals surface area contributed by atoms with Gasteiger partial charge in [-0.05, 0) is 153 Å². The Morgan fingerprint density at radius 1 is 0.308 bits per heavy atom. The number of rotatable bonds is 7. The van der Waals surface area contributed by atoms with Crippen LogP contribution in [0.2, 0.25) is 0 Å². The van der Waals surface area contributed by atoms with Crippen molar-refractivity contribution in [2.75, 3.05) is 0 Å². The van der Waals surface area contributed by atoms with Gasteiger partial charge in [-0.1, -0.05) is 97.1 Å². The van der Waals surface area contributed by atoms with E-state index in [2.05, 4.69) is 30.3 Å². The van der Waals surface area contributed by atoms with E-state index in [0.29, 0.717) is 99.5 Å². The molecule has 0 bridgehead atoms. The molecule has 0 aliphatic carbocycles. The highest BCUT2D eigenvalue weighted by molar-refractivity contribution is 6.15. The van der Waals surface area contributed by atoms with Gasteiger partial charge in [0.05, 0.1) is 109 Å². The van der Waals surface area contributed by atoms with E-state index in [1.165, 1.54) is 6.07 Å². The van der Waals surface area contributed by atoms with Crippen molar-refractivity contribution in [2.24, 2.45) is 0 Å². The molecule has 0 saturated heterocycles. The van der Waals surface area contributed by atoms with Crippen LogP contribution in [0.3, 0.4) is 0 Å². The Balaban J connectivity index is 1.24. The van der Waals surface area contributed by atoms with E-state index >= 15 is 13.2 Å². The largest absolute Gasteiger partial charge is 0.416 e. The van der Waals surface area contributed by atoms with E-state index in [0.717, 1.165) is 34.4 Å². The molecule has 0 aliphatic rings. The minimum absolute atomic E-state index is 0.0409. The first-order valence-corrected chi connectivity index (χ1v) is 24.4. The van der Waals surface area contributed by atoms with Crippen LogP contribution in [0.5, 0.6) is 0 Å². The van der Waals surface area contributed by atoms with Crippen LogP contribution in [0.1, 0.15) is 38.9 Å². The molecule has 0 radical (unpaired) electrons. The summed E-state index contributed by atoms with van der Waals surface area (Å²) in [4.78, 5) is 0. The SMILES string of the molecule is N#Cc1cc(-c2c(-n3c4ccc(-c5ccccc5C#N)cc4c4cc(-c5ccccc5C#N)ccc43)cc(C#N)cc2-n2c3ccc(-c4ccccc4C#N)cc3c3cc(-c4ccccc4C#N)ccc32)cc(C(F)(F)F)c1. The lowest BCUT2D eigenvalue weighted by Crippen LogP contribution is -2.08. The molecule has 10 aromatic carbocycles. The normalized spacial score (nSPS) is 11.2. The lowest BCUT2D eigenvalue weighted by atomic mass is 9.94. The van der Waals surface area contributed by atoms with E-state index in [-0.39, 0.29) is 22.3 Å². The van der Waals surface area contributed by atoms with E-state index in [1.54, 1.807) is 60.7 Å². The predicted molar refractivity (Wildman–Crippen MR) is 296 cm³/mol. The molecule has 362 valence electrons. The van der Waals surface area contributed by atoms with E-state index < -0.39 is 11.7 Å². The highest BCUT2D eigenvalue weighted by Crippen LogP contribution is 2.47. The van der Waals surface area contributed by atoms with Crippen molar-refractivity contribution in [1.82, 2.24) is 9.13 Å². The quantitative estimate of drug-likeness (QED) is 0.155. The fraction of sp³-hybridized carbons (Fsp3) is 0.0149. The summed E-state index contributed by atoms with van der Waals surface area (Å²) in [6.07, 6.45) is -4.87. The molecule has 0 saturated carbocycles. The molecule has 11 heteroatoms. The van der Waals surface area contributed by atoms with Gasteiger partial charge >= 0.3 is 6.18 Å². The van der Waals surface area contributed by atoms with Gasteiger partial charge in [0.25, 0.3) is 0 Å². The first kappa shape index (κ1) is 47.5. The van der Waals surface area contributed by atoms with Gasteiger partial charge in [-0.15, -0.1) is 0 Å². The summed E-state index contributed by atoms with van der Waals surface area (Å²) < 4.78 is 49.4. The van der Waals surface area contributed by atoms with Crippen molar-refractivity contribution in [3.63, 3.8) is 0 Å². The van der Waals surface area contributed by atoms with Crippen molar-refractivity contribution in [2.45, 2.75) is 6.18 Å². The minimum Gasteiger partial charge on any atom is -0.308 e. The Bertz CT molecular complexity index is 4330. The first-order valence-electron chi connectivity index (χ1n) is 24.4. The number of nitriles is 6. The molecule has 2 aromatic heterocycles. The topological polar surface area (TPSA) is 153 Å². The van der Waals surface area contributed by atoms with E-state index in [1.807, 2.05) is 137 Å². The Labute approximate surface area is 444 Å². The van der Waals surface area contributed by atoms with Gasteiger partial charge in [-0.3, -0.25) is 0 Å². The summed E-state index contributed by atoms with van der Waals surface area (Å²) in [5.41, 5.74) is 9.64. The van der Waals surface area contributed by atoms with Crippen LogP contribution in [0.15, 0.2) is 200 Å². The Kier molecular flexibility index (Phi) is 11.4. The minimum atomic E-state index is -4.87. The number of hydrogen-bond donors (Lipinski definition) is 0. The molecule has 0 unspecified atom stereocenters. The first-order chi connectivity index (χ1) is 38.0. The van der Waals surface area contributed by atoms with Crippen LogP contribution in [0.4, 0.5) is 13.2 Å². The number of alkyl halides is 3. The van der Waals surface area contributed by atoms with E-state index in [9.17, 15) is 31.6 Å². The Morgan fingerprint density at radius 3 is 0.910 bits per heavy atom. The van der Waals surface area contributed by atoms with Gasteiger partial charge < -0.3 is 9.13 Å². The molecule has 0 aliphatic heterocycles. The lowest BCUT2D eigenvalue weighted by molar-refractivity contribution is -0.137. The molecule has 0 amide bonds. The Morgan fingerprint density at radius 2 is 0.615 bits per heavy atom. The third kappa shape index (κ3) is 7.82. The summed E-state index contributed by atoms with van der Waals surface area (Å²) in [5.74, 6) is 0. The number of aromatic nitrogens is 2. The van der Waals surface area contributed by atoms with Crippen molar-refractivity contribution in [1.29, 1.82) is 31.6 Å². The van der Waals surface area contributed by atoms with Gasteiger partial charge in [0.1, 0.15) is 0 Å². The maximum absolute atomic E-state index is 15.2. The van der Waals surface area contributed by atoms with Crippen LogP contribution in [0, 0.1) is 68.0 Å². The average molecular weight is 1010 g/mol. The molecule has 78 heavy (non-hydrogen) atoms. The molecule has 12 aromatic rings.